The van der Waals surface area contributed by atoms with Gasteiger partial charge in [0.05, 0.1) is 18.5 Å². The minimum atomic E-state index is -0.555. The van der Waals surface area contributed by atoms with Gasteiger partial charge in [-0.15, -0.1) is 0 Å². The standard InChI is InChI=1S/C19H18N2O5/c1-3-12-9-17(23)26-15-10-16(22)21(19(24)18(12)15)11-14(20-25-2)13-7-5-4-6-8-13/h4-9H,3,10-11H2,1-2H3/b20-14+. The van der Waals surface area contributed by atoms with Gasteiger partial charge in [0, 0.05) is 11.6 Å². The largest absolute Gasteiger partial charge is 0.426 e. The van der Waals surface area contributed by atoms with Crippen molar-refractivity contribution in [1.82, 2.24) is 4.90 Å². The first-order valence-electron chi connectivity index (χ1n) is 8.21. The molecule has 2 heterocycles. The van der Waals surface area contributed by atoms with Crippen molar-refractivity contribution >= 4 is 17.5 Å². The van der Waals surface area contributed by atoms with E-state index in [2.05, 4.69) is 5.16 Å². The predicted molar refractivity (Wildman–Crippen MR) is 94.1 cm³/mol. The monoisotopic (exact) mass is 354 g/mol. The van der Waals surface area contributed by atoms with Crippen molar-refractivity contribution in [3.05, 3.63) is 69.3 Å². The topological polar surface area (TPSA) is 89.2 Å². The molecule has 2 amide bonds. The number of oxime groups is 1. The molecule has 1 aliphatic rings. The molecule has 0 atom stereocenters. The lowest BCUT2D eigenvalue weighted by Gasteiger charge is -2.27. The van der Waals surface area contributed by atoms with Gasteiger partial charge in [0.15, 0.2) is 0 Å². The molecule has 0 bridgehead atoms. The van der Waals surface area contributed by atoms with E-state index < -0.39 is 17.4 Å². The highest BCUT2D eigenvalue weighted by atomic mass is 16.6. The molecule has 7 nitrogen and oxygen atoms in total. The highest BCUT2D eigenvalue weighted by Gasteiger charge is 2.35. The molecule has 0 unspecified atom stereocenters. The van der Waals surface area contributed by atoms with Crippen molar-refractivity contribution in [3.8, 4) is 0 Å². The van der Waals surface area contributed by atoms with Gasteiger partial charge in [0.25, 0.3) is 5.91 Å². The van der Waals surface area contributed by atoms with E-state index >= 15 is 0 Å². The number of carbonyl (C=O) groups is 2. The van der Waals surface area contributed by atoms with Gasteiger partial charge >= 0.3 is 5.63 Å². The molecule has 0 aliphatic carbocycles. The summed E-state index contributed by atoms with van der Waals surface area (Å²) in [6, 6.07) is 10.5. The second-order valence-corrected chi connectivity index (χ2v) is 5.79. The van der Waals surface area contributed by atoms with Crippen molar-refractivity contribution in [2.45, 2.75) is 19.8 Å². The lowest BCUT2D eigenvalue weighted by molar-refractivity contribution is -0.128. The number of hydrogen-bond acceptors (Lipinski definition) is 6. The maximum atomic E-state index is 12.9. The van der Waals surface area contributed by atoms with E-state index in [0.717, 1.165) is 10.5 Å². The Hall–Kier alpha value is -3.22. The molecule has 26 heavy (non-hydrogen) atoms. The van der Waals surface area contributed by atoms with Gasteiger partial charge in [-0.05, 0) is 12.0 Å². The lowest BCUT2D eigenvalue weighted by Crippen LogP contribution is -2.46. The molecule has 0 fully saturated rings. The molecule has 2 aromatic rings. The van der Waals surface area contributed by atoms with Gasteiger partial charge in [0.2, 0.25) is 5.91 Å². The van der Waals surface area contributed by atoms with Crippen LogP contribution in [0.5, 0.6) is 0 Å². The highest BCUT2D eigenvalue weighted by Crippen LogP contribution is 2.23. The molecule has 0 radical (unpaired) electrons. The molecule has 1 aromatic heterocycles. The van der Waals surface area contributed by atoms with E-state index in [4.69, 9.17) is 9.25 Å². The van der Waals surface area contributed by atoms with E-state index in [1.54, 1.807) is 0 Å². The van der Waals surface area contributed by atoms with Crippen LogP contribution in [0.3, 0.4) is 0 Å². The Morgan fingerprint density at radius 2 is 1.96 bits per heavy atom. The molecule has 134 valence electrons. The van der Waals surface area contributed by atoms with E-state index in [0.29, 0.717) is 17.7 Å². The first-order chi connectivity index (χ1) is 12.5. The number of aryl methyl sites for hydroxylation is 1. The van der Waals surface area contributed by atoms with Crippen molar-refractivity contribution in [2.75, 3.05) is 13.7 Å². The predicted octanol–water partition coefficient (Wildman–Crippen LogP) is 1.78. The Morgan fingerprint density at radius 3 is 2.62 bits per heavy atom. The van der Waals surface area contributed by atoms with Crippen molar-refractivity contribution in [1.29, 1.82) is 0 Å². The average molecular weight is 354 g/mol. The van der Waals surface area contributed by atoms with Crippen LogP contribution in [0.4, 0.5) is 0 Å². The number of hydrogen-bond donors (Lipinski definition) is 0. The minimum Gasteiger partial charge on any atom is -0.426 e. The van der Waals surface area contributed by atoms with Crippen LogP contribution in [0.15, 0.2) is 50.8 Å². The summed E-state index contributed by atoms with van der Waals surface area (Å²) in [5.74, 6) is -0.805. The molecule has 0 saturated heterocycles. The van der Waals surface area contributed by atoms with Crippen LogP contribution in [0, 0.1) is 0 Å². The minimum absolute atomic E-state index is 0.0305. The fourth-order valence-electron chi connectivity index (χ4n) is 2.96. The first-order valence-corrected chi connectivity index (χ1v) is 8.21. The Kier molecular flexibility index (Phi) is 4.97. The molecule has 1 aliphatic heterocycles. The van der Waals surface area contributed by atoms with Crippen LogP contribution in [0.1, 0.15) is 34.2 Å². The third-order valence-electron chi connectivity index (χ3n) is 4.18. The average Bonchev–Trinajstić information content (AvgIpc) is 2.63. The van der Waals surface area contributed by atoms with E-state index in [9.17, 15) is 14.4 Å². The second kappa shape index (κ2) is 7.35. The van der Waals surface area contributed by atoms with Gasteiger partial charge in [-0.3, -0.25) is 14.5 Å². The summed E-state index contributed by atoms with van der Waals surface area (Å²) in [7, 11) is 1.40. The van der Waals surface area contributed by atoms with Crippen LogP contribution in [-0.4, -0.2) is 36.1 Å². The van der Waals surface area contributed by atoms with E-state index in [1.807, 2.05) is 37.3 Å². The van der Waals surface area contributed by atoms with Crippen LogP contribution < -0.4 is 5.63 Å². The normalized spacial score (nSPS) is 14.4. The number of amides is 2. The molecule has 1 aromatic carbocycles. The molecular weight excluding hydrogens is 336 g/mol. The molecule has 0 saturated carbocycles. The zero-order valence-corrected chi connectivity index (χ0v) is 14.5. The third kappa shape index (κ3) is 3.28. The Morgan fingerprint density at radius 1 is 1.23 bits per heavy atom. The third-order valence-corrected chi connectivity index (χ3v) is 4.18. The zero-order valence-electron chi connectivity index (χ0n) is 14.5. The van der Waals surface area contributed by atoms with Gasteiger partial charge in [-0.2, -0.15) is 0 Å². The van der Waals surface area contributed by atoms with E-state index in [1.165, 1.54) is 13.2 Å². The Bertz CT molecular complexity index is 931. The fraction of sp³-hybridized carbons (Fsp3) is 0.263. The summed E-state index contributed by atoms with van der Waals surface area (Å²) in [5.41, 5.74) is 1.51. The number of benzene rings is 1. The van der Waals surface area contributed by atoms with Gasteiger partial charge in [-0.25, -0.2) is 4.79 Å². The maximum Gasteiger partial charge on any atom is 0.336 e. The van der Waals surface area contributed by atoms with Crippen LogP contribution in [-0.2, 0) is 22.5 Å². The SMILES string of the molecule is CCc1cc(=O)oc2c1C(=O)N(C/C(=N\OC)c1ccccc1)C(=O)C2. The maximum absolute atomic E-state index is 12.9. The fourth-order valence-corrected chi connectivity index (χ4v) is 2.96. The molecule has 0 N–H and O–H groups in total. The Labute approximate surface area is 149 Å². The van der Waals surface area contributed by atoms with Gasteiger partial charge < -0.3 is 9.25 Å². The quantitative estimate of drug-likeness (QED) is 0.464. The summed E-state index contributed by atoms with van der Waals surface area (Å²) >= 11 is 0. The summed E-state index contributed by atoms with van der Waals surface area (Å²) in [5, 5.41) is 3.97. The van der Waals surface area contributed by atoms with Crippen molar-refractivity contribution < 1.29 is 18.8 Å². The van der Waals surface area contributed by atoms with Gasteiger partial charge in [-0.1, -0.05) is 42.4 Å². The summed E-state index contributed by atoms with van der Waals surface area (Å²) in [6.07, 6.45) is 0.346. The number of carbonyl (C=O) groups excluding carboxylic acids is 2. The molecule has 7 heteroatoms. The number of imide groups is 1. The highest BCUT2D eigenvalue weighted by molar-refractivity contribution is 6.14. The second-order valence-electron chi connectivity index (χ2n) is 5.79. The summed E-state index contributed by atoms with van der Waals surface area (Å²) in [6.45, 7) is 1.81. The summed E-state index contributed by atoms with van der Waals surface area (Å²) in [4.78, 5) is 43.1. The number of rotatable bonds is 5. The van der Waals surface area contributed by atoms with E-state index in [-0.39, 0.29) is 24.3 Å². The Balaban J connectivity index is 1.99. The zero-order chi connectivity index (χ0) is 18.7. The van der Waals surface area contributed by atoms with Gasteiger partial charge in [0.1, 0.15) is 18.6 Å². The van der Waals surface area contributed by atoms with Crippen molar-refractivity contribution in [2.24, 2.45) is 5.16 Å². The van der Waals surface area contributed by atoms with Crippen molar-refractivity contribution in [3.63, 3.8) is 0 Å². The number of fused-ring (bicyclic) bond motifs is 1. The lowest BCUT2D eigenvalue weighted by atomic mass is 9.98. The summed E-state index contributed by atoms with van der Waals surface area (Å²) < 4.78 is 5.09. The molecule has 3 rings (SSSR count). The van der Waals surface area contributed by atoms with Crippen LogP contribution in [0.2, 0.25) is 0 Å². The smallest absolute Gasteiger partial charge is 0.336 e. The molecular formula is C19H18N2O5. The van der Waals surface area contributed by atoms with Crippen LogP contribution >= 0.6 is 0 Å². The molecule has 0 spiro atoms. The number of nitrogens with zero attached hydrogens (tertiary/aromatic N) is 2. The van der Waals surface area contributed by atoms with Crippen LogP contribution in [0.25, 0.3) is 0 Å². The first kappa shape index (κ1) is 17.6.